The van der Waals surface area contributed by atoms with Crippen LogP contribution in [0.2, 0.25) is 0 Å². The molecule has 0 atom stereocenters. The van der Waals surface area contributed by atoms with Gasteiger partial charge in [-0.3, -0.25) is 4.79 Å². The Balaban J connectivity index is 1.22. The van der Waals surface area contributed by atoms with E-state index in [9.17, 15) is 9.59 Å². The fourth-order valence-corrected chi connectivity index (χ4v) is 3.31. The van der Waals surface area contributed by atoms with Crippen molar-refractivity contribution in [3.05, 3.63) is 102 Å². The van der Waals surface area contributed by atoms with Crippen LogP contribution in [0.15, 0.2) is 96.1 Å². The summed E-state index contributed by atoms with van der Waals surface area (Å²) in [6.45, 7) is 2.50. The van der Waals surface area contributed by atoms with Crippen LogP contribution in [0.25, 0.3) is 10.8 Å². The summed E-state index contributed by atoms with van der Waals surface area (Å²) < 4.78 is 16.5. The van der Waals surface area contributed by atoms with Gasteiger partial charge in [0.25, 0.3) is 5.91 Å². The highest BCUT2D eigenvalue weighted by atomic mass is 16.5. The third kappa shape index (κ3) is 6.93. The second kappa shape index (κ2) is 12.2. The number of fused-ring (bicyclic) bond motifs is 1. The van der Waals surface area contributed by atoms with Crippen molar-refractivity contribution >= 4 is 28.9 Å². The molecule has 1 amide bonds. The predicted octanol–water partition coefficient (Wildman–Crippen LogP) is 5.38. The number of ether oxygens (including phenoxy) is 3. The summed E-state index contributed by atoms with van der Waals surface area (Å²) >= 11 is 0. The molecule has 0 saturated heterocycles. The molecule has 0 aromatic heterocycles. The maximum Gasteiger partial charge on any atom is 0.343 e. The Morgan fingerprint density at radius 1 is 0.806 bits per heavy atom. The first-order valence-electron chi connectivity index (χ1n) is 11.6. The van der Waals surface area contributed by atoms with Gasteiger partial charge >= 0.3 is 5.97 Å². The number of benzene rings is 4. The molecule has 4 aromatic rings. The van der Waals surface area contributed by atoms with Crippen LogP contribution in [0.5, 0.6) is 17.2 Å². The average Bonchev–Trinajstić information content (AvgIpc) is 2.92. The Morgan fingerprint density at radius 2 is 1.50 bits per heavy atom. The van der Waals surface area contributed by atoms with Crippen LogP contribution in [0, 0.1) is 0 Å². The first-order valence-corrected chi connectivity index (χ1v) is 11.6. The van der Waals surface area contributed by atoms with Crippen LogP contribution in [-0.4, -0.2) is 31.3 Å². The minimum absolute atomic E-state index is 0.156. The summed E-state index contributed by atoms with van der Waals surface area (Å²) in [6.07, 6.45) is 2.41. The molecular weight excluding hydrogens is 456 g/mol. The van der Waals surface area contributed by atoms with Crippen LogP contribution in [0.4, 0.5) is 0 Å². The van der Waals surface area contributed by atoms with Crippen molar-refractivity contribution < 1.29 is 23.8 Å². The van der Waals surface area contributed by atoms with Crippen LogP contribution in [-0.2, 0) is 4.79 Å². The van der Waals surface area contributed by atoms with Gasteiger partial charge in [0.05, 0.1) is 18.4 Å². The molecule has 0 bridgehead atoms. The zero-order valence-corrected chi connectivity index (χ0v) is 19.8. The minimum atomic E-state index is -0.461. The van der Waals surface area contributed by atoms with Gasteiger partial charge in [-0.15, -0.1) is 0 Å². The second-order valence-corrected chi connectivity index (χ2v) is 7.92. The molecule has 1 N–H and O–H groups in total. The number of hydrazone groups is 1. The Morgan fingerprint density at radius 3 is 2.25 bits per heavy atom. The summed E-state index contributed by atoms with van der Waals surface area (Å²) in [4.78, 5) is 24.4. The zero-order chi connectivity index (χ0) is 25.2. The van der Waals surface area contributed by atoms with E-state index in [2.05, 4.69) is 10.5 Å². The van der Waals surface area contributed by atoms with Gasteiger partial charge in [0.1, 0.15) is 17.2 Å². The highest BCUT2D eigenvalue weighted by molar-refractivity contribution is 5.91. The molecule has 182 valence electrons. The minimum Gasteiger partial charge on any atom is -0.494 e. The summed E-state index contributed by atoms with van der Waals surface area (Å²) in [5.74, 6) is 0.882. The molecule has 7 nitrogen and oxygen atoms in total. The number of nitrogens with one attached hydrogen (secondary N) is 1. The highest BCUT2D eigenvalue weighted by Crippen LogP contribution is 2.20. The lowest BCUT2D eigenvalue weighted by molar-refractivity contribution is -0.123. The summed E-state index contributed by atoms with van der Waals surface area (Å²) in [7, 11) is 0. The van der Waals surface area contributed by atoms with Gasteiger partial charge in [-0.25, -0.2) is 10.2 Å². The molecular formula is C29H26N2O5. The summed E-state index contributed by atoms with van der Waals surface area (Å²) in [6, 6.07) is 27.2. The Labute approximate surface area is 209 Å². The number of hydrogen-bond donors (Lipinski definition) is 1. The number of nitrogens with zero attached hydrogens (tertiary/aromatic N) is 1. The van der Waals surface area contributed by atoms with Crippen molar-refractivity contribution in [3.8, 4) is 17.2 Å². The molecule has 0 aliphatic heterocycles. The first kappa shape index (κ1) is 24.5. The molecule has 0 heterocycles. The van der Waals surface area contributed by atoms with Crippen molar-refractivity contribution in [2.75, 3.05) is 13.2 Å². The van der Waals surface area contributed by atoms with Crippen molar-refractivity contribution in [2.24, 2.45) is 5.10 Å². The standard InChI is InChI=1S/C29H26N2O5/c1-2-17-34-25-14-10-23(11-15-25)29(33)36-26-12-7-21(8-13-26)19-30-31-28(32)20-35-27-16-9-22-5-3-4-6-24(22)18-27/h3-16,18-19H,2,17,20H2,1H3,(H,31,32). The van der Waals surface area contributed by atoms with Crippen molar-refractivity contribution in [3.63, 3.8) is 0 Å². The van der Waals surface area contributed by atoms with Crippen molar-refractivity contribution in [2.45, 2.75) is 13.3 Å². The van der Waals surface area contributed by atoms with Crippen molar-refractivity contribution in [1.29, 1.82) is 0 Å². The van der Waals surface area contributed by atoms with E-state index in [1.807, 2.05) is 49.4 Å². The monoisotopic (exact) mass is 482 g/mol. The van der Waals surface area contributed by atoms with E-state index in [0.29, 0.717) is 29.4 Å². The molecule has 0 spiro atoms. The topological polar surface area (TPSA) is 86.2 Å². The maximum atomic E-state index is 12.4. The largest absolute Gasteiger partial charge is 0.494 e. The van der Waals surface area contributed by atoms with Crippen LogP contribution >= 0.6 is 0 Å². The molecule has 0 unspecified atom stereocenters. The Hall–Kier alpha value is -4.65. The number of carbonyl (C=O) groups is 2. The van der Waals surface area contributed by atoms with Crippen LogP contribution in [0.1, 0.15) is 29.3 Å². The van der Waals surface area contributed by atoms with E-state index in [1.54, 1.807) is 48.5 Å². The van der Waals surface area contributed by atoms with Gasteiger partial charge in [-0.05, 0) is 83.4 Å². The number of rotatable bonds is 10. The number of amides is 1. The molecule has 0 aliphatic rings. The fourth-order valence-electron chi connectivity index (χ4n) is 3.31. The van der Waals surface area contributed by atoms with E-state index >= 15 is 0 Å². The predicted molar refractivity (Wildman–Crippen MR) is 139 cm³/mol. The Kier molecular flexibility index (Phi) is 8.27. The third-order valence-electron chi connectivity index (χ3n) is 5.15. The summed E-state index contributed by atoms with van der Waals surface area (Å²) in [5, 5.41) is 6.09. The Bertz CT molecular complexity index is 1350. The van der Waals surface area contributed by atoms with E-state index in [4.69, 9.17) is 14.2 Å². The molecule has 7 heteroatoms. The van der Waals surface area contributed by atoms with Gasteiger partial charge in [-0.1, -0.05) is 37.3 Å². The SMILES string of the molecule is CCCOc1ccc(C(=O)Oc2ccc(C=NNC(=O)COc3ccc4ccccc4c3)cc2)cc1. The smallest absolute Gasteiger partial charge is 0.343 e. The first-order chi connectivity index (χ1) is 17.6. The van der Waals surface area contributed by atoms with Gasteiger partial charge in [0.2, 0.25) is 0 Å². The lowest BCUT2D eigenvalue weighted by Crippen LogP contribution is -2.24. The second-order valence-electron chi connectivity index (χ2n) is 7.92. The number of esters is 1. The fraction of sp³-hybridized carbons (Fsp3) is 0.138. The molecule has 0 fully saturated rings. The average molecular weight is 483 g/mol. The quantitative estimate of drug-likeness (QED) is 0.142. The lowest BCUT2D eigenvalue weighted by Gasteiger charge is -2.07. The van der Waals surface area contributed by atoms with Gasteiger partial charge in [-0.2, -0.15) is 5.10 Å². The molecule has 4 aromatic carbocycles. The van der Waals surface area contributed by atoms with Crippen molar-refractivity contribution in [1.82, 2.24) is 5.43 Å². The molecule has 36 heavy (non-hydrogen) atoms. The molecule has 4 rings (SSSR count). The van der Waals surface area contributed by atoms with E-state index < -0.39 is 5.97 Å². The van der Waals surface area contributed by atoms with E-state index in [-0.39, 0.29) is 12.5 Å². The van der Waals surface area contributed by atoms with Gasteiger partial charge in [0.15, 0.2) is 6.61 Å². The van der Waals surface area contributed by atoms with Gasteiger partial charge < -0.3 is 14.2 Å². The summed E-state index contributed by atoms with van der Waals surface area (Å²) in [5.41, 5.74) is 3.59. The highest BCUT2D eigenvalue weighted by Gasteiger charge is 2.09. The molecule has 0 aliphatic carbocycles. The zero-order valence-electron chi connectivity index (χ0n) is 19.8. The number of carbonyl (C=O) groups excluding carboxylic acids is 2. The maximum absolute atomic E-state index is 12.4. The lowest BCUT2D eigenvalue weighted by atomic mass is 10.1. The van der Waals surface area contributed by atoms with E-state index in [0.717, 1.165) is 22.8 Å². The number of hydrogen-bond acceptors (Lipinski definition) is 6. The normalized spacial score (nSPS) is 10.8. The van der Waals surface area contributed by atoms with E-state index in [1.165, 1.54) is 6.21 Å². The molecule has 0 radical (unpaired) electrons. The van der Waals surface area contributed by atoms with Crippen LogP contribution in [0.3, 0.4) is 0 Å². The van der Waals surface area contributed by atoms with Gasteiger partial charge in [0, 0.05) is 0 Å². The molecule has 0 saturated carbocycles. The third-order valence-corrected chi connectivity index (χ3v) is 5.15. The van der Waals surface area contributed by atoms with Crippen LogP contribution < -0.4 is 19.6 Å².